The number of nitrogens with zero attached hydrogens (tertiary/aromatic N) is 1. The number of nitrogens with one attached hydrogen (secondary N) is 1. The maximum atomic E-state index is 11.9. The first-order valence-electron chi connectivity index (χ1n) is 5.69. The van der Waals surface area contributed by atoms with E-state index in [-0.39, 0.29) is 17.7 Å². The van der Waals surface area contributed by atoms with Crippen LogP contribution in [0.3, 0.4) is 0 Å². The highest BCUT2D eigenvalue weighted by Gasteiger charge is 2.15. The van der Waals surface area contributed by atoms with Crippen molar-refractivity contribution in [3.05, 3.63) is 65.5 Å². The van der Waals surface area contributed by atoms with Crippen LogP contribution in [0.5, 0.6) is 0 Å². The number of amides is 1. The Kier molecular flexibility index (Phi) is 3.87. The molecule has 0 saturated heterocycles. The van der Waals surface area contributed by atoms with E-state index >= 15 is 0 Å². The number of benzene rings is 1. The van der Waals surface area contributed by atoms with Crippen LogP contribution in [0.25, 0.3) is 0 Å². The summed E-state index contributed by atoms with van der Waals surface area (Å²) in [4.78, 5) is 27.0. The first-order valence-corrected chi connectivity index (χ1v) is 5.69. The molecule has 0 unspecified atom stereocenters. The molecule has 5 heteroatoms. The summed E-state index contributed by atoms with van der Waals surface area (Å²) in [5.41, 5.74) is 0.843. The van der Waals surface area contributed by atoms with Crippen LogP contribution < -0.4 is 5.32 Å². The number of carboxylic acid groups (broad SMARTS) is 1. The van der Waals surface area contributed by atoms with Gasteiger partial charge in [0.1, 0.15) is 0 Å². The van der Waals surface area contributed by atoms with Gasteiger partial charge in [-0.15, -0.1) is 0 Å². The molecule has 0 aliphatic rings. The third-order valence-corrected chi connectivity index (χ3v) is 2.56. The van der Waals surface area contributed by atoms with E-state index in [2.05, 4.69) is 10.3 Å². The molecule has 19 heavy (non-hydrogen) atoms. The van der Waals surface area contributed by atoms with Crippen molar-refractivity contribution in [2.75, 3.05) is 0 Å². The van der Waals surface area contributed by atoms with Crippen LogP contribution >= 0.6 is 0 Å². The van der Waals surface area contributed by atoms with Gasteiger partial charge in [-0.25, -0.2) is 4.79 Å². The highest BCUT2D eigenvalue weighted by Crippen LogP contribution is 2.08. The lowest BCUT2D eigenvalue weighted by atomic mass is 10.1. The Hall–Kier alpha value is -2.69. The van der Waals surface area contributed by atoms with Crippen LogP contribution in [0, 0.1) is 0 Å². The highest BCUT2D eigenvalue weighted by atomic mass is 16.4. The van der Waals surface area contributed by atoms with Gasteiger partial charge in [0.2, 0.25) is 0 Å². The molecule has 0 saturated carbocycles. The molecule has 2 aromatic rings. The Morgan fingerprint density at radius 3 is 2.37 bits per heavy atom. The number of carboxylic acids is 1. The molecule has 1 amide bonds. The molecule has 0 radical (unpaired) electrons. The molecular weight excluding hydrogens is 244 g/mol. The van der Waals surface area contributed by atoms with Gasteiger partial charge in [-0.2, -0.15) is 0 Å². The van der Waals surface area contributed by atoms with Crippen molar-refractivity contribution in [3.8, 4) is 0 Å². The second kappa shape index (κ2) is 5.77. The Morgan fingerprint density at radius 1 is 1.05 bits per heavy atom. The monoisotopic (exact) mass is 256 g/mol. The van der Waals surface area contributed by atoms with E-state index in [1.807, 2.05) is 6.07 Å². The van der Waals surface area contributed by atoms with Crippen molar-refractivity contribution >= 4 is 11.9 Å². The van der Waals surface area contributed by atoms with Gasteiger partial charge in [-0.3, -0.25) is 9.78 Å². The van der Waals surface area contributed by atoms with Gasteiger partial charge < -0.3 is 10.4 Å². The van der Waals surface area contributed by atoms with E-state index in [0.717, 1.165) is 0 Å². The number of aromatic carboxylic acids is 1. The maximum Gasteiger partial charge on any atom is 0.336 e. The standard InChI is InChI=1S/C14H12N2O3/c17-13(16-9-10-5-3-4-8-15-10)11-6-1-2-7-12(11)14(18)19/h1-8H,9H2,(H,16,17)(H,18,19). The minimum atomic E-state index is -1.12. The molecule has 1 aromatic carbocycles. The first-order chi connectivity index (χ1) is 9.18. The van der Waals surface area contributed by atoms with E-state index in [4.69, 9.17) is 5.11 Å². The lowest BCUT2D eigenvalue weighted by Gasteiger charge is -2.07. The van der Waals surface area contributed by atoms with Gasteiger partial charge in [0, 0.05) is 6.20 Å². The molecule has 0 aliphatic heterocycles. The summed E-state index contributed by atoms with van der Waals surface area (Å²) in [7, 11) is 0. The molecule has 0 fully saturated rings. The van der Waals surface area contributed by atoms with Crippen LogP contribution in [0.1, 0.15) is 26.4 Å². The van der Waals surface area contributed by atoms with Crippen LogP contribution in [-0.2, 0) is 6.54 Å². The largest absolute Gasteiger partial charge is 0.478 e. The Balaban J connectivity index is 2.10. The minimum absolute atomic E-state index is 0.0129. The number of hydrogen-bond donors (Lipinski definition) is 2. The van der Waals surface area contributed by atoms with E-state index in [9.17, 15) is 9.59 Å². The number of rotatable bonds is 4. The topological polar surface area (TPSA) is 79.3 Å². The number of aromatic nitrogens is 1. The SMILES string of the molecule is O=C(O)c1ccccc1C(=O)NCc1ccccn1. The molecule has 0 bridgehead atoms. The van der Waals surface area contributed by atoms with Crippen molar-refractivity contribution in [3.63, 3.8) is 0 Å². The second-order valence-corrected chi connectivity index (χ2v) is 3.85. The molecule has 0 atom stereocenters. The lowest BCUT2D eigenvalue weighted by molar-refractivity contribution is 0.0691. The predicted molar refractivity (Wildman–Crippen MR) is 68.8 cm³/mol. The van der Waals surface area contributed by atoms with Crippen molar-refractivity contribution in [2.45, 2.75) is 6.54 Å². The molecule has 0 spiro atoms. The van der Waals surface area contributed by atoms with E-state index in [1.54, 1.807) is 30.5 Å². The molecule has 2 rings (SSSR count). The maximum absolute atomic E-state index is 11.9. The third kappa shape index (κ3) is 3.16. The molecule has 5 nitrogen and oxygen atoms in total. The summed E-state index contributed by atoms with van der Waals surface area (Å²) in [6, 6.07) is 11.5. The van der Waals surface area contributed by atoms with Crippen LogP contribution in [0.2, 0.25) is 0 Å². The highest BCUT2D eigenvalue weighted by molar-refractivity contribution is 6.04. The Labute approximate surface area is 109 Å². The Bertz CT molecular complexity index is 597. The molecule has 1 aromatic heterocycles. The van der Waals surface area contributed by atoms with Crippen molar-refractivity contribution in [1.29, 1.82) is 0 Å². The number of carbonyl (C=O) groups excluding carboxylic acids is 1. The zero-order valence-electron chi connectivity index (χ0n) is 10.0. The zero-order valence-corrected chi connectivity index (χ0v) is 10.0. The second-order valence-electron chi connectivity index (χ2n) is 3.85. The summed E-state index contributed by atoms with van der Waals surface area (Å²) in [5.74, 6) is -1.55. The Morgan fingerprint density at radius 2 is 1.74 bits per heavy atom. The average Bonchev–Trinajstić information content (AvgIpc) is 2.46. The first kappa shape index (κ1) is 12.8. The van der Waals surface area contributed by atoms with Gasteiger partial charge in [-0.1, -0.05) is 18.2 Å². The fourth-order valence-electron chi connectivity index (χ4n) is 1.64. The summed E-state index contributed by atoms with van der Waals surface area (Å²) in [5, 5.41) is 11.7. The molecule has 1 heterocycles. The van der Waals surface area contributed by atoms with Crippen LogP contribution in [0.4, 0.5) is 0 Å². The lowest BCUT2D eigenvalue weighted by Crippen LogP contribution is -2.25. The van der Waals surface area contributed by atoms with E-state index in [1.165, 1.54) is 12.1 Å². The number of pyridine rings is 1. The van der Waals surface area contributed by atoms with Crippen LogP contribution in [-0.4, -0.2) is 22.0 Å². The molecular formula is C14H12N2O3. The minimum Gasteiger partial charge on any atom is -0.478 e. The van der Waals surface area contributed by atoms with Crippen molar-refractivity contribution < 1.29 is 14.7 Å². The van der Waals surface area contributed by atoms with Crippen LogP contribution in [0.15, 0.2) is 48.7 Å². The molecule has 2 N–H and O–H groups in total. The zero-order chi connectivity index (χ0) is 13.7. The fourth-order valence-corrected chi connectivity index (χ4v) is 1.64. The van der Waals surface area contributed by atoms with Gasteiger partial charge in [-0.05, 0) is 24.3 Å². The van der Waals surface area contributed by atoms with Gasteiger partial charge in [0.05, 0.1) is 23.4 Å². The van der Waals surface area contributed by atoms with Gasteiger partial charge >= 0.3 is 5.97 Å². The van der Waals surface area contributed by atoms with E-state index in [0.29, 0.717) is 5.69 Å². The summed E-state index contributed by atoms with van der Waals surface area (Å²) < 4.78 is 0. The van der Waals surface area contributed by atoms with E-state index < -0.39 is 11.9 Å². The van der Waals surface area contributed by atoms with Crippen molar-refractivity contribution in [2.24, 2.45) is 0 Å². The molecule has 96 valence electrons. The van der Waals surface area contributed by atoms with Gasteiger partial charge in [0.25, 0.3) is 5.91 Å². The number of carbonyl (C=O) groups is 2. The third-order valence-electron chi connectivity index (χ3n) is 2.56. The number of hydrogen-bond acceptors (Lipinski definition) is 3. The summed E-state index contributed by atoms with van der Waals surface area (Å²) in [6.45, 7) is 0.258. The molecule has 0 aliphatic carbocycles. The van der Waals surface area contributed by atoms with Crippen molar-refractivity contribution in [1.82, 2.24) is 10.3 Å². The summed E-state index contributed by atoms with van der Waals surface area (Å²) in [6.07, 6.45) is 1.63. The normalized spacial score (nSPS) is 9.89. The van der Waals surface area contributed by atoms with Gasteiger partial charge in [0.15, 0.2) is 0 Å². The fraction of sp³-hybridized carbons (Fsp3) is 0.0714. The smallest absolute Gasteiger partial charge is 0.336 e. The quantitative estimate of drug-likeness (QED) is 0.872. The predicted octanol–water partition coefficient (Wildman–Crippen LogP) is 1.71. The average molecular weight is 256 g/mol. The summed E-state index contributed by atoms with van der Waals surface area (Å²) >= 11 is 0.